The summed E-state index contributed by atoms with van der Waals surface area (Å²) in [6, 6.07) is 4.60. The van der Waals surface area contributed by atoms with Crippen LogP contribution in [-0.4, -0.2) is 52.9 Å². The van der Waals surface area contributed by atoms with Crippen molar-refractivity contribution in [3.8, 4) is 5.75 Å². The second-order valence-electron chi connectivity index (χ2n) is 8.49. The molecule has 2 saturated heterocycles. The number of amides is 2. The topological polar surface area (TPSA) is 60.9 Å². The van der Waals surface area contributed by atoms with Crippen LogP contribution in [0.2, 0.25) is 5.02 Å². The molecule has 0 aromatic heterocycles. The van der Waals surface area contributed by atoms with E-state index in [1.807, 2.05) is 9.80 Å². The molecule has 1 N–H and O–H groups in total. The van der Waals surface area contributed by atoms with E-state index in [2.05, 4.69) is 13.8 Å². The molecule has 0 bridgehead atoms. The minimum Gasteiger partial charge on any atom is -0.506 e. The molecule has 2 fully saturated rings. The molecule has 2 heterocycles. The van der Waals surface area contributed by atoms with Gasteiger partial charge in [0.25, 0.3) is 5.91 Å². The van der Waals surface area contributed by atoms with Gasteiger partial charge in [-0.15, -0.1) is 0 Å². The van der Waals surface area contributed by atoms with E-state index in [9.17, 15) is 14.7 Å². The maximum atomic E-state index is 13.0. The van der Waals surface area contributed by atoms with Crippen LogP contribution < -0.4 is 0 Å². The minimum absolute atomic E-state index is 0.000483. The Morgan fingerprint density at radius 2 is 2.07 bits per heavy atom. The lowest BCUT2D eigenvalue weighted by Crippen LogP contribution is -2.55. The second kappa shape index (κ2) is 8.09. The van der Waals surface area contributed by atoms with Crippen LogP contribution in [0.5, 0.6) is 5.75 Å². The van der Waals surface area contributed by atoms with Crippen molar-refractivity contribution in [2.75, 3.05) is 26.2 Å². The third-order valence-electron chi connectivity index (χ3n) is 5.87. The van der Waals surface area contributed by atoms with E-state index in [0.29, 0.717) is 24.4 Å². The van der Waals surface area contributed by atoms with E-state index in [1.165, 1.54) is 12.1 Å². The monoisotopic (exact) mass is 392 g/mol. The highest BCUT2D eigenvalue weighted by Gasteiger charge is 2.42. The molecule has 0 aliphatic carbocycles. The molecule has 6 heteroatoms. The maximum Gasteiger partial charge on any atom is 0.253 e. The van der Waals surface area contributed by atoms with E-state index < -0.39 is 0 Å². The molecule has 0 unspecified atom stereocenters. The number of carbonyl (C=O) groups excluding carboxylic acids is 2. The number of rotatable bonds is 4. The summed E-state index contributed by atoms with van der Waals surface area (Å²) >= 11 is 5.97. The summed E-state index contributed by atoms with van der Waals surface area (Å²) < 4.78 is 0. The van der Waals surface area contributed by atoms with Crippen LogP contribution >= 0.6 is 11.6 Å². The average molecular weight is 393 g/mol. The highest BCUT2D eigenvalue weighted by Crippen LogP contribution is 2.39. The van der Waals surface area contributed by atoms with Gasteiger partial charge in [-0.2, -0.15) is 0 Å². The van der Waals surface area contributed by atoms with Crippen molar-refractivity contribution >= 4 is 23.4 Å². The first kappa shape index (κ1) is 20.0. The first-order valence-corrected chi connectivity index (χ1v) is 10.2. The van der Waals surface area contributed by atoms with Crippen molar-refractivity contribution in [3.05, 3.63) is 28.8 Å². The predicted octanol–water partition coefficient (Wildman–Crippen LogP) is 3.94. The number of aromatic hydroxyl groups is 1. The van der Waals surface area contributed by atoms with Gasteiger partial charge < -0.3 is 14.9 Å². The standard InChI is InChI=1S/C21H29ClN2O3/c1-15(2)7-11-23-13-21(9-6-19(23)26)8-3-10-24(14-21)20(27)16-4-5-18(25)17(22)12-16/h4-5,12,15,25H,3,6-11,13-14H2,1-2H3/t21-/m1/s1. The summed E-state index contributed by atoms with van der Waals surface area (Å²) in [7, 11) is 0. The highest BCUT2D eigenvalue weighted by molar-refractivity contribution is 6.32. The van der Waals surface area contributed by atoms with Gasteiger partial charge in [0, 0.05) is 43.6 Å². The number of halogens is 1. The Kier molecular flexibility index (Phi) is 5.99. The Labute approximate surface area is 166 Å². The number of phenols is 1. The first-order chi connectivity index (χ1) is 12.8. The lowest BCUT2D eigenvalue weighted by atomic mass is 9.73. The lowest BCUT2D eigenvalue weighted by molar-refractivity contribution is -0.139. The summed E-state index contributed by atoms with van der Waals surface area (Å²) in [5.41, 5.74) is 0.498. The zero-order valence-corrected chi connectivity index (χ0v) is 17.0. The van der Waals surface area contributed by atoms with Crippen molar-refractivity contribution in [2.45, 2.75) is 46.0 Å². The van der Waals surface area contributed by atoms with Crippen LogP contribution in [0.1, 0.15) is 56.3 Å². The molecule has 1 aromatic carbocycles. The van der Waals surface area contributed by atoms with E-state index in [1.54, 1.807) is 6.07 Å². The Hall–Kier alpha value is -1.75. The van der Waals surface area contributed by atoms with Crippen molar-refractivity contribution < 1.29 is 14.7 Å². The molecule has 27 heavy (non-hydrogen) atoms. The quantitative estimate of drug-likeness (QED) is 0.844. The van der Waals surface area contributed by atoms with Gasteiger partial charge >= 0.3 is 0 Å². The van der Waals surface area contributed by atoms with E-state index >= 15 is 0 Å². The Morgan fingerprint density at radius 3 is 2.78 bits per heavy atom. The molecular weight excluding hydrogens is 364 g/mol. The molecule has 148 valence electrons. The van der Waals surface area contributed by atoms with Gasteiger partial charge in [0.05, 0.1) is 5.02 Å². The fourth-order valence-corrected chi connectivity index (χ4v) is 4.44. The maximum absolute atomic E-state index is 13.0. The first-order valence-electron chi connectivity index (χ1n) is 9.85. The fraction of sp³-hybridized carbons (Fsp3) is 0.619. The number of nitrogens with zero attached hydrogens (tertiary/aromatic N) is 2. The van der Waals surface area contributed by atoms with Gasteiger partial charge in [-0.1, -0.05) is 25.4 Å². The number of piperidine rings is 2. The Balaban J connectivity index is 1.71. The van der Waals surface area contributed by atoms with Gasteiger partial charge in [0.1, 0.15) is 5.75 Å². The normalized spacial score (nSPS) is 23.3. The van der Waals surface area contributed by atoms with Crippen LogP contribution in [0, 0.1) is 11.3 Å². The summed E-state index contributed by atoms with van der Waals surface area (Å²) in [5, 5.41) is 9.77. The van der Waals surface area contributed by atoms with Crippen molar-refractivity contribution in [1.82, 2.24) is 9.80 Å². The van der Waals surface area contributed by atoms with Crippen LogP contribution in [0.3, 0.4) is 0 Å². The van der Waals surface area contributed by atoms with Crippen molar-refractivity contribution in [3.63, 3.8) is 0 Å². The zero-order chi connectivity index (χ0) is 19.6. The average Bonchev–Trinajstić information content (AvgIpc) is 2.64. The Morgan fingerprint density at radius 1 is 1.30 bits per heavy atom. The summed E-state index contributed by atoms with van der Waals surface area (Å²) in [4.78, 5) is 29.2. The highest BCUT2D eigenvalue weighted by atomic mass is 35.5. The molecule has 2 aliphatic heterocycles. The molecule has 2 amide bonds. The predicted molar refractivity (Wildman–Crippen MR) is 106 cm³/mol. The van der Waals surface area contributed by atoms with Gasteiger partial charge in [0.15, 0.2) is 0 Å². The molecule has 1 atom stereocenters. The molecule has 0 radical (unpaired) electrons. The molecular formula is C21H29ClN2O3. The Bertz CT molecular complexity index is 721. The number of hydrogen-bond acceptors (Lipinski definition) is 3. The molecule has 2 aliphatic rings. The third kappa shape index (κ3) is 4.57. The fourth-order valence-electron chi connectivity index (χ4n) is 4.26. The summed E-state index contributed by atoms with van der Waals surface area (Å²) in [5.74, 6) is 0.742. The van der Waals surface area contributed by atoms with Crippen LogP contribution in [0.25, 0.3) is 0 Å². The van der Waals surface area contributed by atoms with Gasteiger partial charge in [-0.3, -0.25) is 9.59 Å². The van der Waals surface area contributed by atoms with Crippen LogP contribution in [0.4, 0.5) is 0 Å². The number of benzene rings is 1. The number of likely N-dealkylation sites (tertiary alicyclic amines) is 2. The number of phenolic OH excluding ortho intramolecular Hbond substituents is 1. The largest absolute Gasteiger partial charge is 0.506 e. The van der Waals surface area contributed by atoms with Gasteiger partial charge in [-0.25, -0.2) is 0 Å². The smallest absolute Gasteiger partial charge is 0.253 e. The second-order valence-corrected chi connectivity index (χ2v) is 8.90. The summed E-state index contributed by atoms with van der Waals surface area (Å²) in [6.45, 7) is 7.30. The molecule has 1 aromatic rings. The molecule has 5 nitrogen and oxygen atoms in total. The van der Waals surface area contributed by atoms with Crippen LogP contribution in [0.15, 0.2) is 18.2 Å². The SMILES string of the molecule is CC(C)CCN1C[C@@]2(CCCN(C(=O)c3ccc(O)c(Cl)c3)C2)CCC1=O. The van der Waals surface area contributed by atoms with E-state index in [4.69, 9.17) is 11.6 Å². The van der Waals surface area contributed by atoms with Gasteiger partial charge in [0.2, 0.25) is 5.91 Å². The minimum atomic E-state index is -0.0541. The zero-order valence-electron chi connectivity index (χ0n) is 16.2. The van der Waals surface area contributed by atoms with Crippen molar-refractivity contribution in [1.29, 1.82) is 0 Å². The van der Waals surface area contributed by atoms with Crippen LogP contribution in [-0.2, 0) is 4.79 Å². The number of hydrogen-bond donors (Lipinski definition) is 1. The van der Waals surface area contributed by atoms with Gasteiger partial charge in [-0.05, 0) is 49.8 Å². The van der Waals surface area contributed by atoms with Crippen molar-refractivity contribution in [2.24, 2.45) is 11.3 Å². The summed E-state index contributed by atoms with van der Waals surface area (Å²) in [6.07, 6.45) is 4.44. The third-order valence-corrected chi connectivity index (χ3v) is 6.17. The van der Waals surface area contributed by atoms with E-state index in [0.717, 1.165) is 45.3 Å². The molecule has 1 spiro atoms. The lowest BCUT2D eigenvalue weighted by Gasteiger charge is -2.48. The number of carbonyl (C=O) groups is 2. The molecule has 0 saturated carbocycles. The van der Waals surface area contributed by atoms with E-state index in [-0.39, 0.29) is 28.0 Å². The molecule has 3 rings (SSSR count).